The van der Waals surface area contributed by atoms with E-state index in [1.165, 1.54) is 21.7 Å². The number of rotatable bonds is 5. The van der Waals surface area contributed by atoms with Gasteiger partial charge in [0.1, 0.15) is 0 Å². The fourth-order valence-electron chi connectivity index (χ4n) is 4.06. The van der Waals surface area contributed by atoms with Crippen LogP contribution in [0.2, 0.25) is 0 Å². The van der Waals surface area contributed by atoms with Gasteiger partial charge in [-0.3, -0.25) is 9.59 Å². The number of nitrogens with one attached hydrogen (secondary N) is 1. The van der Waals surface area contributed by atoms with E-state index in [1.807, 2.05) is 30.3 Å². The van der Waals surface area contributed by atoms with Crippen molar-refractivity contribution in [3.63, 3.8) is 0 Å². The van der Waals surface area contributed by atoms with Gasteiger partial charge in [-0.25, -0.2) is 9.36 Å². The van der Waals surface area contributed by atoms with Crippen LogP contribution < -0.4 is 16.0 Å². The standard InChI is InChI=1S/C20H25N3O4/c24-18-7-8-19(25)23(17-5-2-1-3-6-17)22(18)12-4-11-21-13-9-20(10-14-21)26-15-16-27-20/h1-3,5-8H,4,9-16H2/p+1. The molecule has 0 amide bonds. The van der Waals surface area contributed by atoms with Gasteiger partial charge in [0.05, 0.1) is 51.4 Å². The quantitative estimate of drug-likeness (QED) is 0.790. The van der Waals surface area contributed by atoms with E-state index in [9.17, 15) is 9.59 Å². The summed E-state index contributed by atoms with van der Waals surface area (Å²) in [6.45, 7) is 4.89. The molecule has 2 aromatic rings. The summed E-state index contributed by atoms with van der Waals surface area (Å²) < 4.78 is 14.6. The lowest BCUT2D eigenvalue weighted by Crippen LogP contribution is -3.13. The Kier molecular flexibility index (Phi) is 5.24. The molecule has 4 rings (SSSR count). The second kappa shape index (κ2) is 7.80. The molecule has 0 unspecified atom stereocenters. The van der Waals surface area contributed by atoms with Gasteiger partial charge in [-0.1, -0.05) is 18.2 Å². The zero-order chi connectivity index (χ0) is 18.7. The van der Waals surface area contributed by atoms with Gasteiger partial charge >= 0.3 is 0 Å². The van der Waals surface area contributed by atoms with Crippen LogP contribution in [0.25, 0.3) is 5.69 Å². The number of hydrogen-bond acceptors (Lipinski definition) is 4. The average Bonchev–Trinajstić information content (AvgIpc) is 3.15. The smallest absolute Gasteiger partial charge is 0.270 e. The van der Waals surface area contributed by atoms with E-state index in [-0.39, 0.29) is 16.9 Å². The first-order valence-electron chi connectivity index (χ1n) is 9.67. The van der Waals surface area contributed by atoms with Crippen LogP contribution in [0, 0.1) is 0 Å². The lowest BCUT2D eigenvalue weighted by atomic mass is 10.0. The molecule has 27 heavy (non-hydrogen) atoms. The molecule has 1 N–H and O–H groups in total. The number of hydrogen-bond donors (Lipinski definition) is 1. The fourth-order valence-corrected chi connectivity index (χ4v) is 4.06. The van der Waals surface area contributed by atoms with Crippen LogP contribution in [0.5, 0.6) is 0 Å². The highest BCUT2D eigenvalue weighted by Gasteiger charge is 2.41. The Hall–Kier alpha value is -2.22. The third kappa shape index (κ3) is 3.90. The molecule has 1 aromatic carbocycles. The van der Waals surface area contributed by atoms with E-state index in [0.29, 0.717) is 25.4 Å². The maximum atomic E-state index is 12.4. The van der Waals surface area contributed by atoms with Crippen molar-refractivity contribution in [1.29, 1.82) is 0 Å². The zero-order valence-corrected chi connectivity index (χ0v) is 15.4. The van der Waals surface area contributed by atoms with Gasteiger partial charge in [-0.15, -0.1) is 0 Å². The average molecular weight is 372 g/mol. The van der Waals surface area contributed by atoms with Gasteiger partial charge in [0.25, 0.3) is 11.1 Å². The van der Waals surface area contributed by atoms with Crippen molar-refractivity contribution in [2.45, 2.75) is 31.6 Å². The van der Waals surface area contributed by atoms with Crippen molar-refractivity contribution in [3.8, 4) is 5.69 Å². The van der Waals surface area contributed by atoms with Gasteiger partial charge < -0.3 is 14.4 Å². The first-order chi connectivity index (χ1) is 13.2. The highest BCUT2D eigenvalue weighted by Crippen LogP contribution is 2.27. The molecule has 7 heteroatoms. The number of ether oxygens (including phenoxy) is 2. The van der Waals surface area contributed by atoms with Crippen molar-refractivity contribution >= 4 is 0 Å². The predicted octanol–water partition coefficient (Wildman–Crippen LogP) is -0.189. The van der Waals surface area contributed by atoms with E-state index in [4.69, 9.17) is 9.47 Å². The maximum absolute atomic E-state index is 12.4. The van der Waals surface area contributed by atoms with E-state index >= 15 is 0 Å². The van der Waals surface area contributed by atoms with Crippen molar-refractivity contribution < 1.29 is 14.4 Å². The summed E-state index contributed by atoms with van der Waals surface area (Å²) in [6.07, 6.45) is 2.67. The van der Waals surface area contributed by atoms with Gasteiger partial charge in [-0.05, 0) is 12.1 Å². The number of piperidine rings is 1. The molecule has 2 aliphatic heterocycles. The van der Waals surface area contributed by atoms with Crippen LogP contribution in [-0.4, -0.2) is 48.0 Å². The molecule has 2 saturated heterocycles. The second-order valence-corrected chi connectivity index (χ2v) is 7.24. The van der Waals surface area contributed by atoms with Gasteiger partial charge in [0.15, 0.2) is 5.79 Å². The highest BCUT2D eigenvalue weighted by atomic mass is 16.7. The Morgan fingerprint density at radius 1 is 0.926 bits per heavy atom. The molecule has 3 heterocycles. The van der Waals surface area contributed by atoms with Crippen molar-refractivity contribution in [2.75, 3.05) is 32.8 Å². The summed E-state index contributed by atoms with van der Waals surface area (Å²) in [6, 6.07) is 12.0. The third-order valence-corrected chi connectivity index (χ3v) is 5.51. The topological polar surface area (TPSA) is 66.9 Å². The summed E-state index contributed by atoms with van der Waals surface area (Å²) in [5.74, 6) is -0.340. The van der Waals surface area contributed by atoms with E-state index < -0.39 is 0 Å². The predicted molar refractivity (Wildman–Crippen MR) is 100 cm³/mol. The Labute approximate surface area is 157 Å². The molecule has 1 spiro atoms. The molecule has 0 bridgehead atoms. The van der Waals surface area contributed by atoms with Crippen molar-refractivity contribution in [3.05, 3.63) is 63.2 Å². The highest BCUT2D eigenvalue weighted by molar-refractivity contribution is 5.29. The van der Waals surface area contributed by atoms with Gasteiger partial charge in [-0.2, -0.15) is 0 Å². The molecule has 0 aliphatic carbocycles. The maximum Gasteiger partial charge on any atom is 0.270 e. The van der Waals surface area contributed by atoms with Crippen molar-refractivity contribution in [2.24, 2.45) is 0 Å². The molecule has 2 aliphatic rings. The SMILES string of the molecule is O=c1ccc(=O)n(-c2ccccc2)n1CCC[NH+]1CCC2(CC1)OCCO2. The van der Waals surface area contributed by atoms with Crippen molar-refractivity contribution in [1.82, 2.24) is 9.36 Å². The molecule has 2 fully saturated rings. The number of nitrogens with zero attached hydrogens (tertiary/aromatic N) is 2. The van der Waals surface area contributed by atoms with E-state index in [0.717, 1.165) is 38.9 Å². The van der Waals surface area contributed by atoms with Crippen LogP contribution in [0.1, 0.15) is 19.3 Å². The van der Waals surface area contributed by atoms with Gasteiger partial charge in [0, 0.05) is 25.1 Å². The number of quaternary nitrogens is 1. The molecule has 0 saturated carbocycles. The molecular formula is C20H26N3O4+. The summed E-state index contributed by atoms with van der Waals surface area (Å²) >= 11 is 0. The van der Waals surface area contributed by atoms with Crippen LogP contribution >= 0.6 is 0 Å². The largest absolute Gasteiger partial charge is 0.347 e. The van der Waals surface area contributed by atoms with E-state index in [1.54, 1.807) is 4.68 Å². The number of aromatic nitrogens is 2. The Balaban J connectivity index is 1.41. The van der Waals surface area contributed by atoms with Gasteiger partial charge in [0.2, 0.25) is 0 Å². The lowest BCUT2D eigenvalue weighted by molar-refractivity contribution is -0.909. The minimum Gasteiger partial charge on any atom is -0.347 e. The molecule has 0 radical (unpaired) electrons. The molecule has 0 atom stereocenters. The number of para-hydroxylation sites is 1. The van der Waals surface area contributed by atoms with E-state index in [2.05, 4.69) is 0 Å². The summed E-state index contributed by atoms with van der Waals surface area (Å²) in [4.78, 5) is 26.2. The normalized spacial score (nSPS) is 19.6. The summed E-state index contributed by atoms with van der Waals surface area (Å²) in [5, 5.41) is 0. The van der Waals surface area contributed by atoms with Crippen LogP contribution in [0.4, 0.5) is 0 Å². The molecule has 7 nitrogen and oxygen atoms in total. The lowest BCUT2D eigenvalue weighted by Gasteiger charge is -2.35. The number of benzene rings is 1. The second-order valence-electron chi connectivity index (χ2n) is 7.24. The fraction of sp³-hybridized carbons (Fsp3) is 0.500. The van der Waals surface area contributed by atoms with Crippen LogP contribution in [0.3, 0.4) is 0 Å². The summed E-state index contributed by atoms with van der Waals surface area (Å²) in [7, 11) is 0. The van der Waals surface area contributed by atoms with Crippen LogP contribution in [0.15, 0.2) is 52.1 Å². The minimum atomic E-state index is -0.340. The molecular weight excluding hydrogens is 346 g/mol. The summed E-state index contributed by atoms with van der Waals surface area (Å²) in [5.41, 5.74) is 0.366. The Morgan fingerprint density at radius 3 is 2.30 bits per heavy atom. The number of likely N-dealkylation sites (tertiary alicyclic amines) is 1. The first-order valence-corrected chi connectivity index (χ1v) is 9.67. The molecule has 144 valence electrons. The Morgan fingerprint density at radius 2 is 1.59 bits per heavy atom. The monoisotopic (exact) mass is 372 g/mol. The first kappa shape index (κ1) is 18.2. The van der Waals surface area contributed by atoms with Crippen LogP contribution in [-0.2, 0) is 16.0 Å². The third-order valence-electron chi connectivity index (χ3n) is 5.51. The minimum absolute atomic E-state index is 0.154. The zero-order valence-electron chi connectivity index (χ0n) is 15.4. The Bertz CT molecular complexity index is 874. The molecule has 1 aromatic heterocycles.